The first-order valence-corrected chi connectivity index (χ1v) is 7.49. The molecule has 3 rings (SSSR count). The molecule has 0 N–H and O–H groups in total. The molecule has 1 saturated heterocycles. The van der Waals surface area contributed by atoms with Crippen molar-refractivity contribution >= 4 is 5.91 Å². The van der Waals surface area contributed by atoms with Gasteiger partial charge in [0.05, 0.1) is 7.11 Å². The van der Waals surface area contributed by atoms with Crippen molar-refractivity contribution in [2.45, 2.75) is 46.1 Å². The zero-order valence-corrected chi connectivity index (χ0v) is 13.5. The number of fused-ring (bicyclic) bond motifs is 2. The molecule has 1 aliphatic heterocycles. The number of rotatable bonds is 2. The lowest BCUT2D eigenvalue weighted by atomic mass is 9.65. The molecule has 6 heteroatoms. The monoisotopic (exact) mass is 292 g/mol. The van der Waals surface area contributed by atoms with Gasteiger partial charge in [-0.3, -0.25) is 4.79 Å². The van der Waals surface area contributed by atoms with E-state index in [9.17, 15) is 4.79 Å². The first-order valence-electron chi connectivity index (χ1n) is 7.49. The summed E-state index contributed by atoms with van der Waals surface area (Å²) in [5.74, 6) is 0.170. The van der Waals surface area contributed by atoms with Crippen LogP contribution in [0.5, 0.6) is 6.01 Å². The molecular weight excluding hydrogens is 268 g/mol. The summed E-state index contributed by atoms with van der Waals surface area (Å²) >= 11 is 0. The van der Waals surface area contributed by atoms with Crippen LogP contribution in [0.25, 0.3) is 0 Å². The molecule has 1 saturated carbocycles. The topological polar surface area (TPSA) is 60.2 Å². The van der Waals surface area contributed by atoms with Crippen molar-refractivity contribution in [3.05, 3.63) is 5.82 Å². The number of hydrogen-bond donors (Lipinski definition) is 0. The molecule has 2 fully saturated rings. The Bertz CT molecular complexity index is 580. The number of ether oxygens (including phenoxy) is 1. The summed E-state index contributed by atoms with van der Waals surface area (Å²) < 4.78 is 6.60. The number of aromatic nitrogens is 3. The Morgan fingerprint density at radius 1 is 1.33 bits per heavy atom. The Kier molecular flexibility index (Phi) is 3.04. The van der Waals surface area contributed by atoms with Crippen LogP contribution in [-0.2, 0) is 7.05 Å². The molecule has 0 radical (unpaired) electrons. The van der Waals surface area contributed by atoms with Gasteiger partial charge in [-0.2, -0.15) is 4.98 Å². The van der Waals surface area contributed by atoms with Gasteiger partial charge in [-0.25, -0.2) is 4.68 Å². The Labute approximate surface area is 125 Å². The van der Waals surface area contributed by atoms with Crippen LogP contribution >= 0.6 is 0 Å². The highest BCUT2D eigenvalue weighted by molar-refractivity contribution is 5.91. The number of likely N-dealkylation sites (tertiary alicyclic amines) is 1. The molecule has 0 unspecified atom stereocenters. The van der Waals surface area contributed by atoms with Gasteiger partial charge in [0.2, 0.25) is 5.82 Å². The Balaban J connectivity index is 1.86. The molecule has 2 heterocycles. The average molecular weight is 292 g/mol. The van der Waals surface area contributed by atoms with Crippen molar-refractivity contribution in [2.75, 3.05) is 13.7 Å². The molecule has 0 spiro atoms. The number of aryl methyl sites for hydroxylation is 1. The van der Waals surface area contributed by atoms with Crippen molar-refractivity contribution in [1.82, 2.24) is 19.7 Å². The first kappa shape index (κ1) is 14.4. The van der Waals surface area contributed by atoms with Crippen molar-refractivity contribution in [2.24, 2.45) is 17.9 Å². The summed E-state index contributed by atoms with van der Waals surface area (Å²) in [7, 11) is 3.26. The van der Waals surface area contributed by atoms with Crippen LogP contribution in [0.3, 0.4) is 0 Å². The summed E-state index contributed by atoms with van der Waals surface area (Å²) in [6, 6.07) is 0.674. The largest absolute Gasteiger partial charge is 0.467 e. The second-order valence-corrected chi connectivity index (χ2v) is 7.69. The highest BCUT2D eigenvalue weighted by Gasteiger charge is 2.51. The van der Waals surface area contributed by atoms with Crippen molar-refractivity contribution < 1.29 is 9.53 Å². The summed E-state index contributed by atoms with van der Waals surface area (Å²) in [5.41, 5.74) is 0.517. The quantitative estimate of drug-likeness (QED) is 0.835. The van der Waals surface area contributed by atoms with Crippen LogP contribution in [0, 0.1) is 10.8 Å². The maximum atomic E-state index is 12.8. The average Bonchev–Trinajstić information content (AvgIpc) is 2.85. The van der Waals surface area contributed by atoms with Gasteiger partial charge in [0, 0.05) is 19.6 Å². The molecule has 21 heavy (non-hydrogen) atoms. The lowest BCUT2D eigenvalue weighted by Gasteiger charge is -2.39. The molecule has 2 aliphatic rings. The second kappa shape index (κ2) is 4.45. The van der Waals surface area contributed by atoms with E-state index >= 15 is 0 Å². The van der Waals surface area contributed by atoms with Crippen LogP contribution in [0.4, 0.5) is 0 Å². The highest BCUT2D eigenvalue weighted by atomic mass is 16.5. The standard InChI is InChI=1S/C15H24N4O2/c1-14(2)6-10-7-15(3,8-14)9-19(10)12(20)11-16-13(21-5)18(4)17-11/h10H,6-9H2,1-5H3/t10-,15-/m1/s1. The van der Waals surface area contributed by atoms with E-state index in [4.69, 9.17) is 4.74 Å². The molecule has 2 atom stereocenters. The van der Waals surface area contributed by atoms with E-state index in [0.717, 1.165) is 19.4 Å². The maximum Gasteiger partial charge on any atom is 0.314 e. The Hall–Kier alpha value is -1.59. The fourth-order valence-electron chi connectivity index (χ4n) is 4.46. The zero-order chi connectivity index (χ0) is 15.4. The van der Waals surface area contributed by atoms with E-state index in [0.29, 0.717) is 17.5 Å². The van der Waals surface area contributed by atoms with Crippen LogP contribution < -0.4 is 4.74 Å². The van der Waals surface area contributed by atoms with Crippen LogP contribution in [0.2, 0.25) is 0 Å². The van der Waals surface area contributed by atoms with E-state index in [2.05, 4.69) is 30.9 Å². The number of carbonyl (C=O) groups is 1. The van der Waals surface area contributed by atoms with Gasteiger partial charge in [0.1, 0.15) is 0 Å². The molecular formula is C15H24N4O2. The third kappa shape index (κ3) is 2.40. The molecule has 0 aromatic carbocycles. The molecule has 2 bridgehead atoms. The van der Waals surface area contributed by atoms with Gasteiger partial charge in [0.15, 0.2) is 0 Å². The van der Waals surface area contributed by atoms with Gasteiger partial charge in [-0.1, -0.05) is 20.8 Å². The predicted molar refractivity (Wildman–Crippen MR) is 78.1 cm³/mol. The molecule has 116 valence electrons. The smallest absolute Gasteiger partial charge is 0.314 e. The van der Waals surface area contributed by atoms with Gasteiger partial charge in [-0.15, -0.1) is 5.10 Å². The Morgan fingerprint density at radius 2 is 2.05 bits per heavy atom. The lowest BCUT2D eigenvalue weighted by molar-refractivity contribution is 0.0695. The first-order chi connectivity index (χ1) is 9.73. The van der Waals surface area contributed by atoms with Crippen LogP contribution in [0.15, 0.2) is 0 Å². The van der Waals surface area contributed by atoms with E-state index in [1.54, 1.807) is 7.05 Å². The summed E-state index contributed by atoms with van der Waals surface area (Å²) in [6.45, 7) is 7.70. The number of hydrogen-bond acceptors (Lipinski definition) is 4. The van der Waals surface area contributed by atoms with Crippen molar-refractivity contribution in [1.29, 1.82) is 0 Å². The minimum Gasteiger partial charge on any atom is -0.467 e. The highest BCUT2D eigenvalue weighted by Crippen LogP contribution is 2.52. The van der Waals surface area contributed by atoms with Gasteiger partial charge in [-0.05, 0) is 30.1 Å². The van der Waals surface area contributed by atoms with E-state index < -0.39 is 0 Å². The van der Waals surface area contributed by atoms with Gasteiger partial charge in [0.25, 0.3) is 5.91 Å². The molecule has 6 nitrogen and oxygen atoms in total. The lowest BCUT2D eigenvalue weighted by Crippen LogP contribution is -2.38. The minimum absolute atomic E-state index is 0.0691. The van der Waals surface area contributed by atoms with Crippen molar-refractivity contribution in [3.63, 3.8) is 0 Å². The van der Waals surface area contributed by atoms with E-state index in [1.165, 1.54) is 18.2 Å². The van der Waals surface area contributed by atoms with E-state index in [-0.39, 0.29) is 17.1 Å². The van der Waals surface area contributed by atoms with Gasteiger partial charge >= 0.3 is 6.01 Å². The van der Waals surface area contributed by atoms with Crippen LogP contribution in [0.1, 0.15) is 50.7 Å². The summed E-state index contributed by atoms with van der Waals surface area (Å²) in [6.07, 6.45) is 3.31. The number of methoxy groups -OCH3 is 1. The maximum absolute atomic E-state index is 12.8. The predicted octanol–water partition coefficient (Wildman–Crippen LogP) is 1.86. The normalized spacial score (nSPS) is 30.5. The number of nitrogens with zero attached hydrogens (tertiary/aromatic N) is 4. The second-order valence-electron chi connectivity index (χ2n) is 7.69. The zero-order valence-electron chi connectivity index (χ0n) is 13.5. The van der Waals surface area contributed by atoms with Crippen LogP contribution in [-0.4, -0.2) is 45.3 Å². The molecule has 1 aromatic heterocycles. The third-order valence-electron chi connectivity index (χ3n) is 4.77. The molecule has 1 amide bonds. The SMILES string of the molecule is COc1nc(C(=O)N2C[C@]3(C)C[C@H]2CC(C)(C)C3)nn1C. The van der Waals surface area contributed by atoms with E-state index in [1.807, 2.05) is 4.90 Å². The Morgan fingerprint density at radius 3 is 2.67 bits per heavy atom. The number of amides is 1. The number of carbonyl (C=O) groups excluding carboxylic acids is 1. The molecule has 1 aromatic rings. The molecule has 1 aliphatic carbocycles. The third-order valence-corrected chi connectivity index (χ3v) is 4.77. The fourth-order valence-corrected chi connectivity index (χ4v) is 4.46. The minimum atomic E-state index is -0.0691. The summed E-state index contributed by atoms with van der Waals surface area (Å²) in [5, 5.41) is 4.19. The summed E-state index contributed by atoms with van der Waals surface area (Å²) in [4.78, 5) is 18.9. The van der Waals surface area contributed by atoms with Gasteiger partial charge < -0.3 is 9.64 Å². The van der Waals surface area contributed by atoms with Crippen molar-refractivity contribution in [3.8, 4) is 6.01 Å². The fraction of sp³-hybridized carbons (Fsp3) is 0.800.